The van der Waals surface area contributed by atoms with E-state index in [-0.39, 0.29) is 0 Å². The van der Waals surface area contributed by atoms with Crippen molar-refractivity contribution >= 4 is 0 Å². The van der Waals surface area contributed by atoms with E-state index in [9.17, 15) is 0 Å². The second-order valence-corrected chi connectivity index (χ2v) is 4.88. The topological polar surface area (TPSA) is 20.2 Å². The van der Waals surface area contributed by atoms with Gasteiger partial charge in [0.1, 0.15) is 0 Å². The van der Waals surface area contributed by atoms with Crippen LogP contribution in [0.2, 0.25) is 0 Å². The summed E-state index contributed by atoms with van der Waals surface area (Å²) in [5.74, 6) is 2.35. The molecule has 2 saturated carbocycles. The van der Waals surface area contributed by atoms with Crippen LogP contribution in [0, 0.1) is 23.2 Å². The SMILES string of the molecule is CC1(C)[C@H]2CC[C@@H]1[C@@H](CO)C2. The molecule has 2 aliphatic rings. The molecule has 0 aromatic heterocycles. The van der Waals surface area contributed by atoms with Gasteiger partial charge in [-0.2, -0.15) is 0 Å². The fourth-order valence-electron chi connectivity index (χ4n) is 3.42. The van der Waals surface area contributed by atoms with Crippen LogP contribution in [0.15, 0.2) is 0 Å². The maximum Gasteiger partial charge on any atom is 0.0462 e. The van der Waals surface area contributed by atoms with E-state index in [1.165, 1.54) is 19.3 Å². The molecular formula is C10H18O. The Morgan fingerprint density at radius 2 is 2.09 bits per heavy atom. The number of hydrogen-bond donors (Lipinski definition) is 1. The van der Waals surface area contributed by atoms with Gasteiger partial charge < -0.3 is 5.11 Å². The zero-order valence-electron chi connectivity index (χ0n) is 7.51. The molecule has 1 nitrogen and oxygen atoms in total. The van der Waals surface area contributed by atoms with Gasteiger partial charge in [-0.25, -0.2) is 0 Å². The molecule has 0 unspecified atom stereocenters. The van der Waals surface area contributed by atoms with Crippen LogP contribution in [0.3, 0.4) is 0 Å². The van der Waals surface area contributed by atoms with Gasteiger partial charge in [-0.3, -0.25) is 0 Å². The number of rotatable bonds is 1. The van der Waals surface area contributed by atoms with E-state index in [1.807, 2.05) is 0 Å². The van der Waals surface area contributed by atoms with Crippen molar-refractivity contribution in [1.82, 2.24) is 0 Å². The minimum atomic E-state index is 0.421. The van der Waals surface area contributed by atoms with Crippen LogP contribution in [0.25, 0.3) is 0 Å². The van der Waals surface area contributed by atoms with Crippen molar-refractivity contribution in [3.63, 3.8) is 0 Å². The summed E-state index contributed by atoms with van der Waals surface area (Å²) in [7, 11) is 0. The molecule has 3 atom stereocenters. The number of aliphatic hydroxyl groups excluding tert-OH is 1. The number of aliphatic hydroxyl groups is 1. The first-order chi connectivity index (χ1) is 5.16. The van der Waals surface area contributed by atoms with Gasteiger partial charge in [0.15, 0.2) is 0 Å². The van der Waals surface area contributed by atoms with E-state index in [2.05, 4.69) is 13.8 Å². The molecule has 11 heavy (non-hydrogen) atoms. The summed E-state index contributed by atoms with van der Waals surface area (Å²) in [6, 6.07) is 0. The zero-order valence-corrected chi connectivity index (χ0v) is 7.51. The second kappa shape index (κ2) is 2.22. The maximum absolute atomic E-state index is 9.12. The highest BCUT2D eigenvalue weighted by atomic mass is 16.3. The Bertz CT molecular complexity index is 162. The van der Waals surface area contributed by atoms with Crippen LogP contribution >= 0.6 is 0 Å². The average Bonchev–Trinajstić information content (AvgIpc) is 2.40. The lowest BCUT2D eigenvalue weighted by atomic mass is 9.80. The first kappa shape index (κ1) is 7.60. The molecule has 0 saturated heterocycles. The van der Waals surface area contributed by atoms with Crippen LogP contribution in [0.5, 0.6) is 0 Å². The molecule has 2 fully saturated rings. The predicted octanol–water partition coefficient (Wildman–Crippen LogP) is 2.05. The first-order valence-electron chi connectivity index (χ1n) is 4.77. The van der Waals surface area contributed by atoms with Crippen molar-refractivity contribution in [2.45, 2.75) is 33.1 Å². The molecule has 1 N–H and O–H groups in total. The Labute approximate surface area is 68.8 Å². The van der Waals surface area contributed by atoms with Gasteiger partial charge in [-0.05, 0) is 42.4 Å². The Kier molecular flexibility index (Phi) is 1.54. The zero-order chi connectivity index (χ0) is 8.06. The van der Waals surface area contributed by atoms with Crippen molar-refractivity contribution in [3.05, 3.63) is 0 Å². The van der Waals surface area contributed by atoms with Crippen molar-refractivity contribution in [1.29, 1.82) is 0 Å². The van der Waals surface area contributed by atoms with E-state index in [1.54, 1.807) is 0 Å². The minimum absolute atomic E-state index is 0.421. The molecule has 1 heteroatoms. The third-order valence-electron chi connectivity index (χ3n) is 4.22. The fourth-order valence-corrected chi connectivity index (χ4v) is 3.42. The van der Waals surface area contributed by atoms with Gasteiger partial charge in [-0.1, -0.05) is 13.8 Å². The van der Waals surface area contributed by atoms with Gasteiger partial charge in [0, 0.05) is 6.61 Å². The van der Waals surface area contributed by atoms with Gasteiger partial charge in [0.05, 0.1) is 0 Å². The lowest BCUT2D eigenvalue weighted by Crippen LogP contribution is -2.21. The summed E-state index contributed by atoms with van der Waals surface area (Å²) in [6.07, 6.45) is 4.06. The minimum Gasteiger partial charge on any atom is -0.396 e. The Hall–Kier alpha value is -0.0400. The third-order valence-corrected chi connectivity index (χ3v) is 4.22. The van der Waals surface area contributed by atoms with Crippen LogP contribution in [-0.2, 0) is 0 Å². The largest absolute Gasteiger partial charge is 0.396 e. The Morgan fingerprint density at radius 1 is 1.36 bits per heavy atom. The summed E-state index contributed by atoms with van der Waals surface area (Å²) in [5, 5.41) is 9.12. The number of fused-ring (bicyclic) bond motifs is 2. The highest BCUT2D eigenvalue weighted by Crippen LogP contribution is 2.59. The first-order valence-corrected chi connectivity index (χ1v) is 4.77. The lowest BCUT2D eigenvalue weighted by Gasteiger charge is -2.25. The van der Waals surface area contributed by atoms with Crippen LogP contribution in [0.4, 0.5) is 0 Å². The molecule has 0 aromatic carbocycles. The maximum atomic E-state index is 9.12. The number of hydrogen-bond acceptors (Lipinski definition) is 1. The van der Waals surface area contributed by atoms with Crippen LogP contribution in [-0.4, -0.2) is 11.7 Å². The summed E-state index contributed by atoms with van der Waals surface area (Å²) in [6.45, 7) is 5.18. The molecule has 0 amide bonds. The normalized spacial score (nSPS) is 46.6. The molecule has 2 aliphatic carbocycles. The van der Waals surface area contributed by atoms with E-state index in [0.717, 1.165) is 11.8 Å². The predicted molar refractivity (Wildman–Crippen MR) is 45.2 cm³/mol. The molecule has 2 bridgehead atoms. The average molecular weight is 154 g/mol. The molecule has 64 valence electrons. The molecule has 0 heterocycles. The molecule has 0 spiro atoms. The molecule has 0 radical (unpaired) electrons. The highest BCUT2D eigenvalue weighted by molar-refractivity contribution is 5.01. The molecular weight excluding hydrogens is 136 g/mol. The summed E-state index contributed by atoms with van der Waals surface area (Å²) >= 11 is 0. The van der Waals surface area contributed by atoms with Gasteiger partial charge in [0.2, 0.25) is 0 Å². The van der Waals surface area contributed by atoms with Gasteiger partial charge in [0.25, 0.3) is 0 Å². The van der Waals surface area contributed by atoms with Crippen molar-refractivity contribution in [3.8, 4) is 0 Å². The quantitative estimate of drug-likeness (QED) is 0.613. The second-order valence-electron chi connectivity index (χ2n) is 4.88. The third kappa shape index (κ3) is 0.868. The van der Waals surface area contributed by atoms with Crippen LogP contribution in [0.1, 0.15) is 33.1 Å². The molecule has 0 aliphatic heterocycles. The lowest BCUT2D eigenvalue weighted by molar-refractivity contribution is 0.155. The van der Waals surface area contributed by atoms with E-state index < -0.39 is 0 Å². The van der Waals surface area contributed by atoms with E-state index >= 15 is 0 Å². The molecule has 2 rings (SSSR count). The van der Waals surface area contributed by atoms with Crippen molar-refractivity contribution in [2.24, 2.45) is 23.2 Å². The standard InChI is InChI=1S/C10H18O/c1-10(2)8-3-4-9(10)7(5-8)6-11/h7-9,11H,3-6H2,1-2H3/t7-,8+,9-/m1/s1. The van der Waals surface area contributed by atoms with Crippen molar-refractivity contribution in [2.75, 3.05) is 6.61 Å². The van der Waals surface area contributed by atoms with Crippen LogP contribution < -0.4 is 0 Å². The van der Waals surface area contributed by atoms with Gasteiger partial charge in [-0.15, -0.1) is 0 Å². The summed E-state index contributed by atoms with van der Waals surface area (Å²) in [4.78, 5) is 0. The van der Waals surface area contributed by atoms with E-state index in [0.29, 0.717) is 17.9 Å². The summed E-state index contributed by atoms with van der Waals surface area (Å²) < 4.78 is 0. The van der Waals surface area contributed by atoms with Crippen molar-refractivity contribution < 1.29 is 5.11 Å². The fraction of sp³-hybridized carbons (Fsp3) is 1.00. The van der Waals surface area contributed by atoms with Gasteiger partial charge >= 0.3 is 0 Å². The molecule has 0 aromatic rings. The smallest absolute Gasteiger partial charge is 0.0462 e. The highest BCUT2D eigenvalue weighted by Gasteiger charge is 2.52. The Morgan fingerprint density at radius 3 is 2.36 bits per heavy atom. The van der Waals surface area contributed by atoms with E-state index in [4.69, 9.17) is 5.11 Å². The summed E-state index contributed by atoms with van der Waals surface area (Å²) in [5.41, 5.74) is 0.535. The monoisotopic (exact) mass is 154 g/mol. The Balaban J connectivity index is 2.19.